The summed E-state index contributed by atoms with van der Waals surface area (Å²) in [6.45, 7) is 4.82. The molecule has 1 aliphatic heterocycles. The van der Waals surface area contributed by atoms with Crippen LogP contribution in [0.25, 0.3) is 5.69 Å². The highest BCUT2D eigenvalue weighted by molar-refractivity contribution is 5.95. The molecule has 0 aliphatic carbocycles. The summed E-state index contributed by atoms with van der Waals surface area (Å²) in [6, 6.07) is 6.56. The SMILES string of the molecule is Cc1cccc(-n2ncc(C(=O)N3CCC(C)(CN)C3)c2C(F)(F)F)c1. The van der Waals surface area contributed by atoms with Crippen LogP contribution in [0.4, 0.5) is 13.2 Å². The van der Waals surface area contributed by atoms with Crippen LogP contribution >= 0.6 is 0 Å². The number of aryl methyl sites for hydroxylation is 1. The zero-order chi connectivity index (χ0) is 19.1. The molecule has 3 rings (SSSR count). The standard InChI is InChI=1S/C18H21F3N4O/c1-12-4-3-5-13(8-12)25-15(18(19,20)21)14(9-23-25)16(26)24-7-6-17(2,10-22)11-24/h3-5,8-9H,6-7,10-11,22H2,1-2H3. The van der Waals surface area contributed by atoms with Crippen LogP contribution in [0.2, 0.25) is 0 Å². The lowest BCUT2D eigenvalue weighted by Gasteiger charge is -2.22. The Bertz CT molecular complexity index is 830. The summed E-state index contributed by atoms with van der Waals surface area (Å²) in [6.07, 6.45) is -3.03. The fraction of sp³-hybridized carbons (Fsp3) is 0.444. The second kappa shape index (κ2) is 6.42. The number of carbonyl (C=O) groups excluding carboxylic acids is 1. The molecule has 1 aromatic carbocycles. The van der Waals surface area contributed by atoms with Crippen LogP contribution in [0.15, 0.2) is 30.5 Å². The molecular weight excluding hydrogens is 345 g/mol. The van der Waals surface area contributed by atoms with Crippen LogP contribution in [0.3, 0.4) is 0 Å². The van der Waals surface area contributed by atoms with Gasteiger partial charge in [0.2, 0.25) is 0 Å². The number of rotatable bonds is 3. The van der Waals surface area contributed by atoms with Crippen molar-refractivity contribution in [3.8, 4) is 5.69 Å². The molecule has 1 amide bonds. The number of amides is 1. The van der Waals surface area contributed by atoms with E-state index in [1.807, 2.05) is 6.92 Å². The number of aromatic nitrogens is 2. The van der Waals surface area contributed by atoms with Crippen molar-refractivity contribution < 1.29 is 18.0 Å². The molecule has 1 atom stereocenters. The van der Waals surface area contributed by atoms with Crippen LogP contribution < -0.4 is 5.73 Å². The minimum atomic E-state index is -4.71. The summed E-state index contributed by atoms with van der Waals surface area (Å²) in [7, 11) is 0. The number of nitrogens with zero attached hydrogens (tertiary/aromatic N) is 3. The van der Waals surface area contributed by atoms with Gasteiger partial charge in [-0.25, -0.2) is 4.68 Å². The van der Waals surface area contributed by atoms with Gasteiger partial charge in [0.05, 0.1) is 17.4 Å². The van der Waals surface area contributed by atoms with Crippen LogP contribution in [0.1, 0.15) is 35.0 Å². The molecule has 2 heterocycles. The van der Waals surface area contributed by atoms with E-state index < -0.39 is 23.3 Å². The number of benzene rings is 1. The van der Waals surface area contributed by atoms with E-state index in [2.05, 4.69) is 5.10 Å². The monoisotopic (exact) mass is 366 g/mol. The Morgan fingerprint density at radius 2 is 2.12 bits per heavy atom. The van der Waals surface area contributed by atoms with E-state index in [1.165, 1.54) is 11.0 Å². The van der Waals surface area contributed by atoms with Crippen molar-refractivity contribution in [1.82, 2.24) is 14.7 Å². The van der Waals surface area contributed by atoms with E-state index in [9.17, 15) is 18.0 Å². The Hall–Kier alpha value is -2.35. The second-order valence-corrected chi connectivity index (χ2v) is 7.15. The highest BCUT2D eigenvalue weighted by Crippen LogP contribution is 2.36. The normalized spacial score (nSPS) is 20.6. The Labute approximate surface area is 149 Å². The number of halogens is 3. The van der Waals surface area contributed by atoms with Crippen molar-refractivity contribution in [2.24, 2.45) is 11.1 Å². The molecule has 0 spiro atoms. The summed E-state index contributed by atoms with van der Waals surface area (Å²) in [5.74, 6) is -0.659. The lowest BCUT2D eigenvalue weighted by Crippen LogP contribution is -2.35. The number of hydrogen-bond donors (Lipinski definition) is 1. The number of alkyl halides is 3. The van der Waals surface area contributed by atoms with E-state index >= 15 is 0 Å². The van der Waals surface area contributed by atoms with Gasteiger partial charge in [0.15, 0.2) is 5.69 Å². The van der Waals surface area contributed by atoms with E-state index in [1.54, 1.807) is 25.1 Å². The molecule has 2 N–H and O–H groups in total. The first-order chi connectivity index (χ1) is 12.1. The van der Waals surface area contributed by atoms with Gasteiger partial charge < -0.3 is 10.6 Å². The predicted octanol–water partition coefficient (Wildman–Crippen LogP) is 3.01. The van der Waals surface area contributed by atoms with E-state index in [4.69, 9.17) is 5.73 Å². The first kappa shape index (κ1) is 18.4. The Morgan fingerprint density at radius 1 is 1.38 bits per heavy atom. The van der Waals surface area contributed by atoms with Gasteiger partial charge >= 0.3 is 6.18 Å². The lowest BCUT2D eigenvalue weighted by atomic mass is 9.90. The van der Waals surface area contributed by atoms with Crippen LogP contribution in [-0.2, 0) is 6.18 Å². The molecule has 1 aromatic heterocycles. The lowest BCUT2D eigenvalue weighted by molar-refractivity contribution is -0.143. The summed E-state index contributed by atoms with van der Waals surface area (Å²) in [5, 5.41) is 3.87. The molecular formula is C18H21F3N4O. The van der Waals surface area contributed by atoms with E-state index in [-0.39, 0.29) is 11.1 Å². The Morgan fingerprint density at radius 3 is 2.69 bits per heavy atom. The third-order valence-corrected chi connectivity index (χ3v) is 4.85. The highest BCUT2D eigenvalue weighted by Gasteiger charge is 2.43. The molecule has 1 saturated heterocycles. The molecule has 5 nitrogen and oxygen atoms in total. The Kier molecular flexibility index (Phi) is 4.56. The maximum absolute atomic E-state index is 13.7. The first-order valence-corrected chi connectivity index (χ1v) is 8.36. The van der Waals surface area contributed by atoms with Gasteiger partial charge in [-0.2, -0.15) is 18.3 Å². The van der Waals surface area contributed by atoms with Gasteiger partial charge in [-0.3, -0.25) is 4.79 Å². The van der Waals surface area contributed by atoms with Gasteiger partial charge in [0.1, 0.15) is 0 Å². The van der Waals surface area contributed by atoms with Gasteiger partial charge in [-0.15, -0.1) is 0 Å². The highest BCUT2D eigenvalue weighted by atomic mass is 19.4. The second-order valence-electron chi connectivity index (χ2n) is 7.15. The molecule has 2 aromatic rings. The predicted molar refractivity (Wildman–Crippen MR) is 91.0 cm³/mol. The van der Waals surface area contributed by atoms with E-state index in [0.717, 1.165) is 16.4 Å². The average molecular weight is 366 g/mol. The molecule has 8 heteroatoms. The summed E-state index contributed by atoms with van der Waals surface area (Å²) in [4.78, 5) is 14.2. The van der Waals surface area contributed by atoms with Crippen molar-refractivity contribution in [2.75, 3.05) is 19.6 Å². The number of carbonyl (C=O) groups is 1. The van der Waals surface area contributed by atoms with Crippen molar-refractivity contribution in [3.63, 3.8) is 0 Å². The average Bonchev–Trinajstić information content (AvgIpc) is 3.19. The maximum Gasteiger partial charge on any atom is 0.434 e. The van der Waals surface area contributed by atoms with E-state index in [0.29, 0.717) is 26.1 Å². The van der Waals surface area contributed by atoms with Crippen LogP contribution in [0, 0.1) is 12.3 Å². The molecule has 0 bridgehead atoms. The Balaban J connectivity index is 2.02. The van der Waals surface area contributed by atoms with Gasteiger partial charge in [0, 0.05) is 13.1 Å². The largest absolute Gasteiger partial charge is 0.434 e. The number of nitrogens with two attached hydrogens (primary N) is 1. The molecule has 1 aliphatic rings. The molecule has 1 unspecified atom stereocenters. The smallest absolute Gasteiger partial charge is 0.338 e. The molecule has 26 heavy (non-hydrogen) atoms. The van der Waals surface area contributed by atoms with Crippen LogP contribution in [-0.4, -0.2) is 40.2 Å². The quantitative estimate of drug-likeness (QED) is 0.908. The fourth-order valence-electron chi connectivity index (χ4n) is 3.27. The van der Waals surface area contributed by atoms with Gasteiger partial charge in [0.25, 0.3) is 5.91 Å². The van der Waals surface area contributed by atoms with Crippen molar-refractivity contribution in [2.45, 2.75) is 26.4 Å². The molecule has 0 radical (unpaired) electrons. The molecule has 140 valence electrons. The molecule has 1 fully saturated rings. The maximum atomic E-state index is 13.7. The first-order valence-electron chi connectivity index (χ1n) is 8.36. The topological polar surface area (TPSA) is 64.2 Å². The zero-order valence-corrected chi connectivity index (χ0v) is 14.7. The third-order valence-electron chi connectivity index (χ3n) is 4.85. The minimum Gasteiger partial charge on any atom is -0.338 e. The minimum absolute atomic E-state index is 0.263. The van der Waals surface area contributed by atoms with Gasteiger partial charge in [-0.05, 0) is 43.0 Å². The zero-order valence-electron chi connectivity index (χ0n) is 14.7. The van der Waals surface area contributed by atoms with Crippen molar-refractivity contribution in [3.05, 3.63) is 47.3 Å². The summed E-state index contributed by atoms with van der Waals surface area (Å²) in [5.41, 5.74) is 5.06. The molecule has 0 saturated carbocycles. The van der Waals surface area contributed by atoms with Gasteiger partial charge in [-0.1, -0.05) is 19.1 Å². The number of likely N-dealkylation sites (tertiary alicyclic amines) is 1. The third kappa shape index (κ3) is 3.33. The fourth-order valence-corrected chi connectivity index (χ4v) is 3.27. The van der Waals surface area contributed by atoms with Crippen molar-refractivity contribution in [1.29, 1.82) is 0 Å². The number of hydrogen-bond acceptors (Lipinski definition) is 3. The summed E-state index contributed by atoms with van der Waals surface area (Å²) < 4.78 is 42.0. The van der Waals surface area contributed by atoms with Crippen molar-refractivity contribution >= 4 is 5.91 Å². The summed E-state index contributed by atoms with van der Waals surface area (Å²) >= 11 is 0. The van der Waals surface area contributed by atoms with Crippen LogP contribution in [0.5, 0.6) is 0 Å².